The van der Waals surface area contributed by atoms with E-state index in [4.69, 9.17) is 0 Å². The number of aliphatic hydroxyl groups excluding tert-OH is 1. The van der Waals surface area contributed by atoms with Crippen LogP contribution < -0.4 is 10.6 Å². The number of carbonyl (C=O) groups excluding carboxylic acids is 2. The van der Waals surface area contributed by atoms with Gasteiger partial charge in [-0.2, -0.15) is 0 Å². The van der Waals surface area contributed by atoms with E-state index in [0.29, 0.717) is 0 Å². The normalized spacial score (nSPS) is 15.5. The zero-order valence-corrected chi connectivity index (χ0v) is 14.1. The van der Waals surface area contributed by atoms with E-state index >= 15 is 0 Å². The maximum absolute atomic E-state index is 12.1. The molecule has 0 spiro atoms. The molecule has 3 N–H and O–H groups in total. The maximum Gasteiger partial charge on any atom is 0.313 e. The molecule has 0 saturated carbocycles. The molecule has 5 nitrogen and oxygen atoms in total. The zero-order valence-electron chi connectivity index (χ0n) is 14.1. The van der Waals surface area contributed by atoms with E-state index < -0.39 is 17.9 Å². The second-order valence-corrected chi connectivity index (χ2v) is 7.20. The van der Waals surface area contributed by atoms with Gasteiger partial charge in [0.2, 0.25) is 0 Å². The molecule has 1 aliphatic carbocycles. The molecule has 2 amide bonds. The molecule has 1 atom stereocenters. The highest BCUT2D eigenvalue weighted by Crippen LogP contribution is 2.27. The Balaban J connectivity index is 1.96. The third-order valence-corrected chi connectivity index (χ3v) is 4.31. The summed E-state index contributed by atoms with van der Waals surface area (Å²) in [5.41, 5.74) is 2.76. The molecule has 126 valence electrons. The van der Waals surface area contributed by atoms with Crippen molar-refractivity contribution in [1.82, 2.24) is 5.32 Å². The summed E-state index contributed by atoms with van der Waals surface area (Å²) in [5, 5.41) is 15.1. The Morgan fingerprint density at radius 3 is 2.57 bits per heavy atom. The minimum Gasteiger partial charge on any atom is -0.391 e. The van der Waals surface area contributed by atoms with E-state index in [-0.39, 0.29) is 12.0 Å². The summed E-state index contributed by atoms with van der Waals surface area (Å²) >= 11 is 0. The smallest absolute Gasteiger partial charge is 0.313 e. The van der Waals surface area contributed by atoms with Crippen LogP contribution in [-0.4, -0.2) is 29.6 Å². The summed E-state index contributed by atoms with van der Waals surface area (Å²) < 4.78 is 0. The number of hydrogen-bond donors (Lipinski definition) is 3. The molecule has 23 heavy (non-hydrogen) atoms. The van der Waals surface area contributed by atoms with Crippen molar-refractivity contribution in [3.63, 3.8) is 0 Å². The molecule has 1 aliphatic rings. The van der Waals surface area contributed by atoms with Gasteiger partial charge in [-0.25, -0.2) is 0 Å². The number of fused-ring (bicyclic) bond motifs is 1. The molecular formula is C18H26N2O3. The second-order valence-electron chi connectivity index (χ2n) is 7.20. The van der Waals surface area contributed by atoms with E-state index in [1.807, 2.05) is 32.9 Å². The summed E-state index contributed by atoms with van der Waals surface area (Å²) in [6, 6.07) is 5.81. The Hall–Kier alpha value is -1.88. The summed E-state index contributed by atoms with van der Waals surface area (Å²) in [6.07, 6.45) is 3.50. The fourth-order valence-corrected chi connectivity index (χ4v) is 2.65. The Labute approximate surface area is 137 Å². The number of aliphatic hydroxyl groups is 1. The van der Waals surface area contributed by atoms with E-state index in [1.54, 1.807) is 0 Å². The van der Waals surface area contributed by atoms with Gasteiger partial charge in [0.1, 0.15) is 0 Å². The van der Waals surface area contributed by atoms with Crippen LogP contribution in [0.4, 0.5) is 5.69 Å². The molecular weight excluding hydrogens is 292 g/mol. The molecule has 0 fully saturated rings. The van der Waals surface area contributed by atoms with Crippen LogP contribution >= 0.6 is 0 Å². The third-order valence-electron chi connectivity index (χ3n) is 4.31. The van der Waals surface area contributed by atoms with Crippen LogP contribution in [0.2, 0.25) is 0 Å². The summed E-state index contributed by atoms with van der Waals surface area (Å²) in [5.74, 6) is -1.41. The summed E-state index contributed by atoms with van der Waals surface area (Å²) in [7, 11) is 0. The molecule has 0 aromatic heterocycles. The van der Waals surface area contributed by atoms with E-state index in [2.05, 4.69) is 16.7 Å². The van der Waals surface area contributed by atoms with E-state index in [0.717, 1.165) is 36.9 Å². The van der Waals surface area contributed by atoms with Crippen molar-refractivity contribution in [2.24, 2.45) is 5.41 Å². The van der Waals surface area contributed by atoms with Crippen LogP contribution in [-0.2, 0) is 22.4 Å². The predicted octanol–water partition coefficient (Wildman–Crippen LogP) is 2.03. The van der Waals surface area contributed by atoms with Gasteiger partial charge in [-0.15, -0.1) is 0 Å². The average Bonchev–Trinajstić information content (AvgIpc) is 2.51. The molecule has 5 heteroatoms. The number of rotatable bonds is 3. The molecule has 0 heterocycles. The number of nitrogens with one attached hydrogen (secondary N) is 2. The molecule has 0 radical (unpaired) electrons. The van der Waals surface area contributed by atoms with E-state index in [1.165, 1.54) is 5.56 Å². The molecule has 1 unspecified atom stereocenters. The van der Waals surface area contributed by atoms with Crippen LogP contribution in [0.15, 0.2) is 18.2 Å². The fraction of sp³-hybridized carbons (Fsp3) is 0.556. The summed E-state index contributed by atoms with van der Waals surface area (Å²) in [4.78, 5) is 24.0. The van der Waals surface area contributed by atoms with Crippen molar-refractivity contribution in [3.8, 4) is 0 Å². The van der Waals surface area contributed by atoms with Gasteiger partial charge in [-0.1, -0.05) is 32.9 Å². The molecule has 1 aromatic carbocycles. The van der Waals surface area contributed by atoms with Gasteiger partial charge in [-0.05, 0) is 48.3 Å². The lowest BCUT2D eigenvalue weighted by atomic mass is 9.89. The monoisotopic (exact) mass is 318 g/mol. The van der Waals surface area contributed by atoms with Crippen LogP contribution in [0.3, 0.4) is 0 Å². The lowest BCUT2D eigenvalue weighted by Gasteiger charge is -2.25. The van der Waals surface area contributed by atoms with Gasteiger partial charge in [0.05, 0.1) is 6.10 Å². The minimum absolute atomic E-state index is 0.0582. The van der Waals surface area contributed by atoms with Gasteiger partial charge in [-0.3, -0.25) is 9.59 Å². The van der Waals surface area contributed by atoms with Crippen molar-refractivity contribution < 1.29 is 14.7 Å². The van der Waals surface area contributed by atoms with Gasteiger partial charge < -0.3 is 15.7 Å². The van der Waals surface area contributed by atoms with Gasteiger partial charge in [0, 0.05) is 12.2 Å². The van der Waals surface area contributed by atoms with Crippen LogP contribution in [0, 0.1) is 5.41 Å². The van der Waals surface area contributed by atoms with Crippen molar-refractivity contribution >= 4 is 17.5 Å². The van der Waals surface area contributed by atoms with E-state index in [9.17, 15) is 14.7 Å². The first kappa shape index (κ1) is 17.5. The number of carbonyl (C=O) groups is 2. The first-order valence-corrected chi connectivity index (χ1v) is 8.17. The minimum atomic E-state index is -0.721. The van der Waals surface area contributed by atoms with Crippen molar-refractivity contribution in [2.75, 3.05) is 11.9 Å². The molecule has 0 bridgehead atoms. The topological polar surface area (TPSA) is 78.4 Å². The average molecular weight is 318 g/mol. The predicted molar refractivity (Wildman–Crippen MR) is 90.2 cm³/mol. The van der Waals surface area contributed by atoms with Crippen molar-refractivity contribution in [3.05, 3.63) is 29.3 Å². The molecule has 1 aromatic rings. The quantitative estimate of drug-likeness (QED) is 0.746. The van der Waals surface area contributed by atoms with Gasteiger partial charge >= 0.3 is 11.8 Å². The molecule has 2 rings (SSSR count). The Morgan fingerprint density at radius 1 is 1.17 bits per heavy atom. The first-order valence-electron chi connectivity index (χ1n) is 8.17. The van der Waals surface area contributed by atoms with Gasteiger partial charge in [0.25, 0.3) is 0 Å². The lowest BCUT2D eigenvalue weighted by Crippen LogP contribution is -2.43. The van der Waals surface area contributed by atoms with Crippen molar-refractivity contribution in [2.45, 2.75) is 52.6 Å². The Morgan fingerprint density at radius 2 is 1.87 bits per heavy atom. The molecule has 0 aliphatic heterocycles. The van der Waals surface area contributed by atoms with Crippen LogP contribution in [0.25, 0.3) is 0 Å². The largest absolute Gasteiger partial charge is 0.391 e. The zero-order chi connectivity index (χ0) is 17.0. The summed E-state index contributed by atoms with van der Waals surface area (Å²) in [6.45, 7) is 5.68. The maximum atomic E-state index is 12.1. The number of benzene rings is 1. The van der Waals surface area contributed by atoms with Crippen molar-refractivity contribution in [1.29, 1.82) is 0 Å². The standard InChI is InChI=1S/C18H26N2O3/c1-18(2,3)15(21)11-19-16(22)17(23)20-14-10-6-8-12-7-4-5-9-13(12)14/h6,8,10,15,21H,4-5,7,9,11H2,1-3H3,(H,19,22)(H,20,23). The number of hydrogen-bond acceptors (Lipinski definition) is 3. The third kappa shape index (κ3) is 4.55. The highest BCUT2D eigenvalue weighted by molar-refractivity contribution is 6.39. The Kier molecular flexibility index (Phi) is 5.42. The Bertz CT molecular complexity index is 590. The SMILES string of the molecule is CC(C)(C)C(O)CNC(=O)C(=O)Nc1cccc2c1CCCC2. The fourth-order valence-electron chi connectivity index (χ4n) is 2.65. The highest BCUT2D eigenvalue weighted by Gasteiger charge is 2.24. The highest BCUT2D eigenvalue weighted by atomic mass is 16.3. The second kappa shape index (κ2) is 7.13. The molecule has 0 saturated heterocycles. The van der Waals surface area contributed by atoms with Crippen LogP contribution in [0.1, 0.15) is 44.7 Å². The lowest BCUT2D eigenvalue weighted by molar-refractivity contribution is -0.136. The number of anilines is 1. The number of aryl methyl sites for hydroxylation is 1. The van der Waals surface area contributed by atoms with Crippen LogP contribution in [0.5, 0.6) is 0 Å². The first-order chi connectivity index (χ1) is 10.8. The number of amides is 2. The van der Waals surface area contributed by atoms with Gasteiger partial charge in [0.15, 0.2) is 0 Å².